The smallest absolute Gasteiger partial charge is 0.243 e. The number of hydrogen-bond acceptors (Lipinski definition) is 5. The highest BCUT2D eigenvalue weighted by atomic mass is 32.2. The summed E-state index contributed by atoms with van der Waals surface area (Å²) in [6.45, 7) is 1.10. The number of rotatable bonds is 6. The van der Waals surface area contributed by atoms with E-state index in [1.54, 1.807) is 41.2 Å². The summed E-state index contributed by atoms with van der Waals surface area (Å²) in [5.41, 5.74) is 0.707. The Labute approximate surface area is 151 Å². The number of nitrogens with zero attached hydrogens (tertiary/aromatic N) is 4. The minimum absolute atomic E-state index is 0.00791. The van der Waals surface area contributed by atoms with Gasteiger partial charge in [0.1, 0.15) is 18.1 Å². The van der Waals surface area contributed by atoms with Crippen LogP contribution in [0.2, 0.25) is 0 Å². The molecule has 2 aromatic carbocycles. The molecule has 0 atom stereocenters. The van der Waals surface area contributed by atoms with Gasteiger partial charge in [-0.15, -0.1) is 5.10 Å². The van der Waals surface area contributed by atoms with Gasteiger partial charge in [-0.05, 0) is 24.3 Å². The van der Waals surface area contributed by atoms with Crippen molar-refractivity contribution < 1.29 is 13.2 Å². The summed E-state index contributed by atoms with van der Waals surface area (Å²) in [5.74, 6) is 0.769. The number of sulfonamides is 1. The first kappa shape index (κ1) is 16.7. The van der Waals surface area contributed by atoms with E-state index in [0.717, 1.165) is 5.75 Å². The molecule has 1 aromatic heterocycles. The molecular weight excluding hydrogens is 352 g/mol. The van der Waals surface area contributed by atoms with Crippen molar-refractivity contribution in [3.63, 3.8) is 0 Å². The van der Waals surface area contributed by atoms with Crippen molar-refractivity contribution in [3.05, 3.63) is 72.6 Å². The summed E-state index contributed by atoms with van der Waals surface area (Å²) >= 11 is 0. The Morgan fingerprint density at radius 3 is 2.35 bits per heavy atom. The molecule has 134 valence electrons. The second-order valence-corrected chi connectivity index (χ2v) is 8.02. The highest BCUT2D eigenvalue weighted by Crippen LogP contribution is 2.27. The maximum atomic E-state index is 12.5. The molecule has 0 amide bonds. The molecule has 0 unspecified atom stereocenters. The molecule has 0 radical (unpaired) electrons. The Hall–Kier alpha value is -2.71. The Kier molecular flexibility index (Phi) is 4.44. The average molecular weight is 370 g/mol. The Bertz CT molecular complexity index is 968. The van der Waals surface area contributed by atoms with Crippen LogP contribution >= 0.6 is 0 Å². The van der Waals surface area contributed by atoms with Crippen LogP contribution in [0, 0.1) is 0 Å². The Morgan fingerprint density at radius 1 is 1.00 bits per heavy atom. The zero-order valence-electron chi connectivity index (χ0n) is 14.0. The van der Waals surface area contributed by atoms with E-state index in [2.05, 4.69) is 10.3 Å². The third-order valence-corrected chi connectivity index (χ3v) is 6.12. The second-order valence-electron chi connectivity index (χ2n) is 6.08. The van der Waals surface area contributed by atoms with Crippen molar-refractivity contribution in [2.75, 3.05) is 13.1 Å². The first-order chi connectivity index (χ1) is 12.6. The van der Waals surface area contributed by atoms with E-state index < -0.39 is 10.0 Å². The fourth-order valence-corrected chi connectivity index (χ4v) is 4.29. The van der Waals surface area contributed by atoms with Gasteiger partial charge in [0, 0.05) is 13.1 Å². The molecule has 0 bridgehead atoms. The van der Waals surface area contributed by atoms with Gasteiger partial charge in [-0.25, -0.2) is 13.1 Å². The van der Waals surface area contributed by atoms with E-state index in [0.29, 0.717) is 30.3 Å². The largest absolute Gasteiger partial charge is 0.487 e. The van der Waals surface area contributed by atoms with E-state index in [4.69, 9.17) is 4.74 Å². The van der Waals surface area contributed by atoms with E-state index in [1.165, 1.54) is 4.31 Å². The minimum atomic E-state index is -3.44. The molecular formula is C18H18N4O3S. The molecule has 1 aliphatic heterocycles. The van der Waals surface area contributed by atoms with Crippen molar-refractivity contribution in [1.29, 1.82) is 0 Å². The lowest BCUT2D eigenvalue weighted by molar-refractivity contribution is 0.189. The van der Waals surface area contributed by atoms with Gasteiger partial charge in [-0.3, -0.25) is 0 Å². The lowest BCUT2D eigenvalue weighted by Crippen LogP contribution is -2.50. The van der Waals surface area contributed by atoms with Crippen LogP contribution in [0.5, 0.6) is 5.75 Å². The Morgan fingerprint density at radius 2 is 1.65 bits per heavy atom. The van der Waals surface area contributed by atoms with Crippen molar-refractivity contribution in [2.45, 2.75) is 17.5 Å². The number of ether oxygens (including phenoxy) is 1. The van der Waals surface area contributed by atoms with Crippen LogP contribution in [-0.2, 0) is 16.6 Å². The molecule has 2 heterocycles. The van der Waals surface area contributed by atoms with Crippen LogP contribution in [0.3, 0.4) is 0 Å². The molecule has 7 nitrogen and oxygen atoms in total. The van der Waals surface area contributed by atoms with Gasteiger partial charge in [-0.1, -0.05) is 41.6 Å². The third kappa shape index (κ3) is 3.33. The monoisotopic (exact) mass is 370 g/mol. The van der Waals surface area contributed by atoms with Crippen LogP contribution in [0.4, 0.5) is 0 Å². The molecule has 0 spiro atoms. The van der Waals surface area contributed by atoms with E-state index >= 15 is 0 Å². The maximum Gasteiger partial charge on any atom is 0.243 e. The normalized spacial score (nSPS) is 15.5. The van der Waals surface area contributed by atoms with Gasteiger partial charge in [0.2, 0.25) is 10.0 Å². The second kappa shape index (κ2) is 6.89. The van der Waals surface area contributed by atoms with E-state index in [1.807, 2.05) is 30.3 Å². The molecule has 1 fully saturated rings. The molecule has 1 saturated heterocycles. The van der Waals surface area contributed by atoms with E-state index in [9.17, 15) is 8.42 Å². The predicted octanol–water partition coefficient (Wildman–Crippen LogP) is 2.10. The van der Waals surface area contributed by atoms with Gasteiger partial charge in [0.05, 0.1) is 17.1 Å². The van der Waals surface area contributed by atoms with Gasteiger partial charge >= 0.3 is 0 Å². The summed E-state index contributed by atoms with van der Waals surface area (Å²) in [6, 6.07) is 17.9. The van der Waals surface area contributed by atoms with Crippen LogP contribution in [0.15, 0.2) is 71.8 Å². The number of benzene rings is 2. The SMILES string of the molecule is O=S(=O)(c1ccccc1)N1CC(n2cc(COc3ccccc3)nn2)C1. The third-order valence-electron chi connectivity index (χ3n) is 4.27. The highest BCUT2D eigenvalue weighted by molar-refractivity contribution is 7.89. The van der Waals surface area contributed by atoms with Crippen LogP contribution in [0.25, 0.3) is 0 Å². The van der Waals surface area contributed by atoms with Crippen LogP contribution < -0.4 is 4.74 Å². The number of para-hydroxylation sites is 1. The lowest BCUT2D eigenvalue weighted by atomic mass is 10.2. The topological polar surface area (TPSA) is 77.3 Å². The standard InChI is InChI=1S/C18H18N4O3S/c23-26(24,18-9-5-2-6-10-18)21-12-16(13-21)22-11-15(19-20-22)14-25-17-7-3-1-4-8-17/h1-11,16H,12-14H2. The molecule has 0 saturated carbocycles. The summed E-state index contributed by atoms with van der Waals surface area (Å²) in [5, 5.41) is 8.20. The Balaban J connectivity index is 1.35. The lowest BCUT2D eigenvalue weighted by Gasteiger charge is -2.37. The summed E-state index contributed by atoms with van der Waals surface area (Å²) < 4.78 is 33.8. The first-order valence-corrected chi connectivity index (χ1v) is 9.71. The predicted molar refractivity (Wildman–Crippen MR) is 95.0 cm³/mol. The first-order valence-electron chi connectivity index (χ1n) is 8.27. The minimum Gasteiger partial charge on any atom is -0.487 e. The highest BCUT2D eigenvalue weighted by Gasteiger charge is 2.38. The fraction of sp³-hybridized carbons (Fsp3) is 0.222. The quantitative estimate of drug-likeness (QED) is 0.664. The molecule has 26 heavy (non-hydrogen) atoms. The maximum absolute atomic E-state index is 12.5. The van der Waals surface area contributed by atoms with Crippen molar-refractivity contribution in [2.24, 2.45) is 0 Å². The van der Waals surface area contributed by atoms with E-state index in [-0.39, 0.29) is 6.04 Å². The fourth-order valence-electron chi connectivity index (χ4n) is 2.75. The molecule has 0 aliphatic carbocycles. The van der Waals surface area contributed by atoms with Gasteiger partial charge < -0.3 is 4.74 Å². The van der Waals surface area contributed by atoms with Crippen molar-refractivity contribution in [1.82, 2.24) is 19.3 Å². The van der Waals surface area contributed by atoms with Gasteiger partial charge in [-0.2, -0.15) is 4.31 Å². The van der Waals surface area contributed by atoms with Crippen LogP contribution in [-0.4, -0.2) is 40.8 Å². The molecule has 0 N–H and O–H groups in total. The molecule has 8 heteroatoms. The summed E-state index contributed by atoms with van der Waals surface area (Å²) in [7, 11) is -3.44. The number of hydrogen-bond donors (Lipinski definition) is 0. The summed E-state index contributed by atoms with van der Waals surface area (Å²) in [6.07, 6.45) is 1.81. The van der Waals surface area contributed by atoms with Crippen molar-refractivity contribution >= 4 is 10.0 Å². The summed E-state index contributed by atoms with van der Waals surface area (Å²) in [4.78, 5) is 0.314. The molecule has 1 aliphatic rings. The van der Waals surface area contributed by atoms with Gasteiger partial charge in [0.15, 0.2) is 0 Å². The van der Waals surface area contributed by atoms with Crippen molar-refractivity contribution in [3.8, 4) is 5.75 Å². The molecule has 4 rings (SSSR count). The zero-order valence-corrected chi connectivity index (χ0v) is 14.8. The van der Waals surface area contributed by atoms with Gasteiger partial charge in [0.25, 0.3) is 0 Å². The number of aromatic nitrogens is 3. The van der Waals surface area contributed by atoms with Crippen LogP contribution in [0.1, 0.15) is 11.7 Å². The molecule has 3 aromatic rings. The average Bonchev–Trinajstić information content (AvgIpc) is 3.09. The zero-order chi connectivity index (χ0) is 18.0.